The molecule has 0 fully saturated rings. The lowest BCUT2D eigenvalue weighted by molar-refractivity contribution is -0.118. The molecule has 8 heteroatoms. The molecule has 0 radical (unpaired) electrons. The first-order chi connectivity index (χ1) is 16.5. The molecule has 5 rings (SSSR count). The van der Waals surface area contributed by atoms with E-state index < -0.39 is 0 Å². The fourth-order valence-electron chi connectivity index (χ4n) is 4.21. The third-order valence-corrected chi connectivity index (χ3v) is 6.79. The minimum absolute atomic E-state index is 0.0856. The number of carbonyl (C=O) groups is 3. The number of rotatable bonds is 7. The van der Waals surface area contributed by atoms with Crippen molar-refractivity contribution in [2.45, 2.75) is 26.3 Å². The van der Waals surface area contributed by atoms with Crippen molar-refractivity contribution in [3.63, 3.8) is 0 Å². The molecule has 0 saturated carbocycles. The molecule has 0 aliphatic carbocycles. The van der Waals surface area contributed by atoms with E-state index in [0.29, 0.717) is 48.8 Å². The number of fused-ring (bicyclic) bond motifs is 2. The van der Waals surface area contributed by atoms with Gasteiger partial charge in [0.15, 0.2) is 11.5 Å². The molecule has 3 heterocycles. The Morgan fingerprint density at radius 1 is 1.00 bits per heavy atom. The molecule has 2 aromatic carbocycles. The highest BCUT2D eigenvalue weighted by Crippen LogP contribution is 2.35. The van der Waals surface area contributed by atoms with Crippen LogP contribution in [0.15, 0.2) is 53.9 Å². The molecule has 1 aromatic heterocycles. The van der Waals surface area contributed by atoms with Crippen molar-refractivity contribution in [2.75, 3.05) is 24.7 Å². The predicted octanol–water partition coefficient (Wildman–Crippen LogP) is 4.44. The maximum absolute atomic E-state index is 13.3. The van der Waals surface area contributed by atoms with Crippen LogP contribution >= 0.6 is 11.3 Å². The van der Waals surface area contributed by atoms with Crippen molar-refractivity contribution in [1.29, 1.82) is 0 Å². The van der Waals surface area contributed by atoms with Gasteiger partial charge in [-0.1, -0.05) is 17.7 Å². The molecule has 2 aliphatic heterocycles. The molecule has 0 atom stereocenters. The van der Waals surface area contributed by atoms with Crippen LogP contribution in [0.1, 0.15) is 44.0 Å². The first-order valence-corrected chi connectivity index (χ1v) is 12.1. The molecule has 2 aliphatic rings. The number of anilines is 1. The summed E-state index contributed by atoms with van der Waals surface area (Å²) >= 11 is 1.58. The molecule has 0 bridgehead atoms. The third-order valence-electron chi connectivity index (χ3n) is 5.93. The van der Waals surface area contributed by atoms with Gasteiger partial charge in [-0.2, -0.15) is 0 Å². The zero-order valence-electron chi connectivity index (χ0n) is 18.8. The van der Waals surface area contributed by atoms with Crippen molar-refractivity contribution >= 4 is 34.7 Å². The Morgan fingerprint density at radius 2 is 1.79 bits per heavy atom. The van der Waals surface area contributed by atoms with E-state index in [1.165, 1.54) is 4.90 Å². The number of thiophene rings is 1. The number of hydrogen-bond acceptors (Lipinski definition) is 6. The van der Waals surface area contributed by atoms with E-state index in [9.17, 15) is 14.4 Å². The van der Waals surface area contributed by atoms with Crippen LogP contribution in [0.2, 0.25) is 0 Å². The maximum atomic E-state index is 13.3. The Bertz CT molecular complexity index is 1250. The van der Waals surface area contributed by atoms with Crippen LogP contribution in [0.25, 0.3) is 0 Å². The predicted molar refractivity (Wildman–Crippen MR) is 129 cm³/mol. The highest BCUT2D eigenvalue weighted by atomic mass is 32.1. The van der Waals surface area contributed by atoms with Gasteiger partial charge in [0, 0.05) is 29.6 Å². The first-order valence-electron chi connectivity index (χ1n) is 11.2. The summed E-state index contributed by atoms with van der Waals surface area (Å²) in [4.78, 5) is 42.7. The molecule has 0 unspecified atom stereocenters. The summed E-state index contributed by atoms with van der Waals surface area (Å²) < 4.78 is 11.3. The van der Waals surface area contributed by atoms with E-state index in [1.807, 2.05) is 48.7 Å². The van der Waals surface area contributed by atoms with Gasteiger partial charge < -0.3 is 14.4 Å². The van der Waals surface area contributed by atoms with E-state index >= 15 is 0 Å². The minimum Gasteiger partial charge on any atom is -0.486 e. The number of aryl methyl sites for hydroxylation is 1. The zero-order valence-corrected chi connectivity index (χ0v) is 19.6. The zero-order chi connectivity index (χ0) is 23.7. The number of carbonyl (C=O) groups excluding carboxylic acids is 3. The highest BCUT2D eigenvalue weighted by Gasteiger charge is 2.35. The van der Waals surface area contributed by atoms with Gasteiger partial charge in [0.05, 0.1) is 17.7 Å². The smallest absolute Gasteiger partial charge is 0.261 e. The number of ether oxygens (including phenoxy) is 2. The Kier molecular flexibility index (Phi) is 6.06. The van der Waals surface area contributed by atoms with Crippen LogP contribution in [0.4, 0.5) is 5.69 Å². The molecule has 34 heavy (non-hydrogen) atoms. The summed E-state index contributed by atoms with van der Waals surface area (Å²) in [6, 6.07) is 14.7. The average Bonchev–Trinajstić information content (AvgIpc) is 3.44. The second kappa shape index (κ2) is 9.30. The molecular weight excluding hydrogens is 452 g/mol. The van der Waals surface area contributed by atoms with E-state index in [4.69, 9.17) is 9.47 Å². The molecular formula is C26H24N2O5S. The number of imide groups is 1. The molecule has 174 valence electrons. The highest BCUT2D eigenvalue weighted by molar-refractivity contribution is 7.09. The second-order valence-corrected chi connectivity index (χ2v) is 9.33. The van der Waals surface area contributed by atoms with Gasteiger partial charge in [-0.05, 0) is 49.1 Å². The minimum atomic E-state index is -0.297. The van der Waals surface area contributed by atoms with Gasteiger partial charge >= 0.3 is 0 Å². The molecule has 0 N–H and O–H groups in total. The summed E-state index contributed by atoms with van der Waals surface area (Å²) in [5, 5.41) is 1.98. The van der Waals surface area contributed by atoms with Crippen LogP contribution in [0.3, 0.4) is 0 Å². The third kappa shape index (κ3) is 4.28. The van der Waals surface area contributed by atoms with E-state index in [2.05, 4.69) is 0 Å². The Hall–Kier alpha value is -3.65. The largest absolute Gasteiger partial charge is 0.486 e. The second-order valence-electron chi connectivity index (χ2n) is 8.30. The SMILES string of the molecule is Cc1ccc2c(c1)C(=O)N(CCCC(=O)N(Cc1cccs1)c1ccc3c(c1)OCCO3)C2=O. The van der Waals surface area contributed by atoms with Crippen molar-refractivity contribution < 1.29 is 23.9 Å². The number of amides is 3. The Morgan fingerprint density at radius 3 is 2.59 bits per heavy atom. The fraction of sp³-hybridized carbons (Fsp3) is 0.269. The quantitative estimate of drug-likeness (QED) is 0.472. The van der Waals surface area contributed by atoms with Gasteiger partial charge in [0.1, 0.15) is 13.2 Å². The molecule has 7 nitrogen and oxygen atoms in total. The molecule has 0 saturated heterocycles. The summed E-state index contributed by atoms with van der Waals surface area (Å²) in [6.07, 6.45) is 0.584. The van der Waals surface area contributed by atoms with Gasteiger partial charge in [-0.15, -0.1) is 11.3 Å². The summed E-state index contributed by atoms with van der Waals surface area (Å²) in [7, 11) is 0. The molecule has 3 aromatic rings. The summed E-state index contributed by atoms with van der Waals surface area (Å²) in [5.74, 6) is 0.610. The fourth-order valence-corrected chi connectivity index (χ4v) is 4.91. The monoisotopic (exact) mass is 476 g/mol. The average molecular weight is 477 g/mol. The standard InChI is InChI=1S/C26H24N2O5S/c1-17-6-8-20-21(14-17)26(31)27(25(20)30)10-2-5-24(29)28(16-19-4-3-13-34-19)18-7-9-22-23(15-18)33-12-11-32-22/h3-4,6-9,13-15H,2,5,10-12,16H2,1H3. The van der Waals surface area contributed by atoms with Crippen LogP contribution in [0, 0.1) is 6.92 Å². The van der Waals surface area contributed by atoms with Crippen LogP contribution in [-0.4, -0.2) is 42.4 Å². The van der Waals surface area contributed by atoms with Crippen molar-refractivity contribution in [1.82, 2.24) is 4.90 Å². The normalized spacial score (nSPS) is 14.3. The Labute approximate surface area is 201 Å². The topological polar surface area (TPSA) is 76.2 Å². The van der Waals surface area contributed by atoms with Gasteiger partial charge in [-0.3, -0.25) is 19.3 Å². The van der Waals surface area contributed by atoms with Gasteiger partial charge in [-0.25, -0.2) is 0 Å². The lowest BCUT2D eigenvalue weighted by Crippen LogP contribution is -2.33. The number of hydrogen-bond donors (Lipinski definition) is 0. The van der Waals surface area contributed by atoms with Crippen molar-refractivity contribution in [3.05, 3.63) is 75.5 Å². The summed E-state index contributed by atoms with van der Waals surface area (Å²) in [5.41, 5.74) is 2.52. The first kappa shape index (κ1) is 22.2. The lowest BCUT2D eigenvalue weighted by atomic mass is 10.1. The van der Waals surface area contributed by atoms with Crippen LogP contribution < -0.4 is 14.4 Å². The molecule has 0 spiro atoms. The number of benzene rings is 2. The van der Waals surface area contributed by atoms with E-state index in [-0.39, 0.29) is 30.7 Å². The van der Waals surface area contributed by atoms with Gasteiger partial charge in [0.25, 0.3) is 11.8 Å². The van der Waals surface area contributed by atoms with Crippen molar-refractivity contribution in [2.24, 2.45) is 0 Å². The van der Waals surface area contributed by atoms with Crippen LogP contribution in [-0.2, 0) is 11.3 Å². The maximum Gasteiger partial charge on any atom is 0.261 e. The van der Waals surface area contributed by atoms with Crippen molar-refractivity contribution in [3.8, 4) is 11.5 Å². The lowest BCUT2D eigenvalue weighted by Gasteiger charge is -2.25. The molecule has 3 amide bonds. The Balaban J connectivity index is 1.29. The number of nitrogens with zero attached hydrogens (tertiary/aromatic N) is 2. The van der Waals surface area contributed by atoms with Gasteiger partial charge in [0.2, 0.25) is 5.91 Å². The van der Waals surface area contributed by atoms with E-state index in [0.717, 1.165) is 16.1 Å². The summed E-state index contributed by atoms with van der Waals surface area (Å²) in [6.45, 7) is 3.49. The van der Waals surface area contributed by atoms with Crippen LogP contribution in [0.5, 0.6) is 11.5 Å². The van der Waals surface area contributed by atoms with E-state index in [1.54, 1.807) is 28.4 Å².